The molecule has 1 atom stereocenters. The van der Waals surface area contributed by atoms with Crippen molar-refractivity contribution < 1.29 is 28.5 Å². The van der Waals surface area contributed by atoms with Crippen molar-refractivity contribution in [3.8, 4) is 11.5 Å². The largest absolute Gasteiger partial charge is 0.491 e. The number of nitrogens with one attached hydrogen (secondary N) is 4. The molecule has 0 saturated carbocycles. The van der Waals surface area contributed by atoms with E-state index in [2.05, 4.69) is 26.1 Å². The van der Waals surface area contributed by atoms with Crippen molar-refractivity contribution in [1.82, 2.24) is 20.8 Å². The quantitative estimate of drug-likeness (QED) is 0.213. The maximum Gasteiger partial charge on any atom is 0.319 e. The standard InChI is InChI=1S/C23H30FN5O5/c24-7-10-32-11-12-33-20-3-5-21(6-4-20)34-16-19(30)15-25-8-9-26-23(31)28-18-2-1-17-14-27-29-22(17)13-18/h1-6,13-14,19,25,30H,7-12,15-16H2,(H,27,29)(H2,26,28,31). The third-order valence-corrected chi connectivity index (χ3v) is 4.65. The highest BCUT2D eigenvalue weighted by Crippen LogP contribution is 2.18. The number of nitrogens with zero attached hydrogens (tertiary/aromatic N) is 1. The van der Waals surface area contributed by atoms with Gasteiger partial charge in [-0.15, -0.1) is 0 Å². The first kappa shape index (κ1) is 25.2. The second-order valence-electron chi connectivity index (χ2n) is 7.34. The highest BCUT2D eigenvalue weighted by Gasteiger charge is 2.06. The Kier molecular flexibility index (Phi) is 10.4. The summed E-state index contributed by atoms with van der Waals surface area (Å²) in [5.74, 6) is 1.25. The van der Waals surface area contributed by atoms with Crippen LogP contribution in [-0.4, -0.2) is 80.2 Å². The second kappa shape index (κ2) is 14.0. The number of ether oxygens (including phenoxy) is 3. The Hall–Kier alpha value is -3.41. The van der Waals surface area contributed by atoms with E-state index in [0.29, 0.717) is 50.0 Å². The van der Waals surface area contributed by atoms with Crippen LogP contribution in [-0.2, 0) is 4.74 Å². The molecule has 10 nitrogen and oxygen atoms in total. The number of H-pyrrole nitrogens is 1. The van der Waals surface area contributed by atoms with Crippen molar-refractivity contribution >= 4 is 22.6 Å². The highest BCUT2D eigenvalue weighted by atomic mass is 19.1. The number of alkyl halides is 1. The predicted octanol–water partition coefficient (Wildman–Crippen LogP) is 2.08. The number of aliphatic hydroxyl groups excluding tert-OH is 1. The SMILES string of the molecule is O=C(NCCNCC(O)COc1ccc(OCCOCCF)cc1)Nc1ccc2cn[nH]c2c1. The zero-order valence-electron chi connectivity index (χ0n) is 18.8. The number of carbonyl (C=O) groups excluding carboxylic acids is 1. The van der Waals surface area contributed by atoms with E-state index in [1.165, 1.54) is 0 Å². The molecule has 0 spiro atoms. The molecule has 184 valence electrons. The molecule has 0 aliphatic rings. The number of amides is 2. The third-order valence-electron chi connectivity index (χ3n) is 4.65. The average Bonchev–Trinajstić information content (AvgIpc) is 3.31. The third kappa shape index (κ3) is 8.85. The first-order valence-electron chi connectivity index (χ1n) is 11.0. The number of hydrogen-bond donors (Lipinski definition) is 5. The molecule has 1 heterocycles. The molecule has 0 fully saturated rings. The molecule has 0 bridgehead atoms. The van der Waals surface area contributed by atoms with Crippen molar-refractivity contribution in [2.24, 2.45) is 0 Å². The zero-order chi connectivity index (χ0) is 24.0. The van der Waals surface area contributed by atoms with Crippen LogP contribution in [0.2, 0.25) is 0 Å². The molecule has 5 N–H and O–H groups in total. The van der Waals surface area contributed by atoms with E-state index in [1.54, 1.807) is 36.5 Å². The number of halogens is 1. The minimum absolute atomic E-state index is 0.0728. The van der Waals surface area contributed by atoms with Crippen LogP contribution < -0.4 is 25.4 Å². The normalized spacial score (nSPS) is 11.8. The van der Waals surface area contributed by atoms with E-state index in [1.807, 2.05) is 12.1 Å². The molecule has 1 aromatic heterocycles. The zero-order valence-corrected chi connectivity index (χ0v) is 18.8. The minimum atomic E-state index is -0.710. The van der Waals surface area contributed by atoms with Crippen LogP contribution in [0.25, 0.3) is 10.9 Å². The van der Waals surface area contributed by atoms with Gasteiger partial charge in [-0.2, -0.15) is 5.10 Å². The van der Waals surface area contributed by atoms with Crippen LogP contribution in [0.15, 0.2) is 48.7 Å². The van der Waals surface area contributed by atoms with Crippen molar-refractivity contribution in [2.45, 2.75) is 6.10 Å². The fourth-order valence-electron chi connectivity index (χ4n) is 2.98. The fraction of sp³-hybridized carbons (Fsp3) is 0.391. The van der Waals surface area contributed by atoms with Gasteiger partial charge in [0.25, 0.3) is 0 Å². The number of rotatable bonds is 15. The first-order valence-corrected chi connectivity index (χ1v) is 11.0. The first-order chi connectivity index (χ1) is 16.6. The summed E-state index contributed by atoms with van der Waals surface area (Å²) in [6.45, 7) is 1.55. The van der Waals surface area contributed by atoms with Gasteiger partial charge in [-0.05, 0) is 42.5 Å². The van der Waals surface area contributed by atoms with Crippen LogP contribution in [0.5, 0.6) is 11.5 Å². The molecule has 2 aromatic carbocycles. The molecular weight excluding hydrogens is 445 g/mol. The Morgan fingerprint density at radius 3 is 2.65 bits per heavy atom. The van der Waals surface area contributed by atoms with E-state index in [4.69, 9.17) is 14.2 Å². The lowest BCUT2D eigenvalue weighted by molar-refractivity contribution is 0.0896. The molecular formula is C23H30FN5O5. The Balaban J connectivity index is 1.22. The second-order valence-corrected chi connectivity index (χ2v) is 7.34. The average molecular weight is 476 g/mol. The maximum absolute atomic E-state index is 12.0. The van der Waals surface area contributed by atoms with Crippen molar-refractivity contribution in [3.63, 3.8) is 0 Å². The molecule has 3 aromatic rings. The lowest BCUT2D eigenvalue weighted by atomic mass is 10.2. The van der Waals surface area contributed by atoms with E-state index in [0.717, 1.165) is 10.9 Å². The number of aromatic nitrogens is 2. The number of aliphatic hydroxyl groups is 1. The maximum atomic E-state index is 12.0. The molecule has 0 radical (unpaired) electrons. The van der Waals surface area contributed by atoms with Crippen LogP contribution in [0.3, 0.4) is 0 Å². The van der Waals surface area contributed by atoms with Crippen molar-refractivity contribution in [3.05, 3.63) is 48.7 Å². The van der Waals surface area contributed by atoms with E-state index in [-0.39, 0.29) is 19.2 Å². The van der Waals surface area contributed by atoms with Gasteiger partial charge < -0.3 is 35.3 Å². The van der Waals surface area contributed by atoms with Crippen molar-refractivity contribution in [1.29, 1.82) is 0 Å². The number of hydrogen-bond acceptors (Lipinski definition) is 7. The summed E-state index contributed by atoms with van der Waals surface area (Å²) in [6.07, 6.45) is 1.01. The summed E-state index contributed by atoms with van der Waals surface area (Å²) in [4.78, 5) is 12.0. The summed E-state index contributed by atoms with van der Waals surface area (Å²) in [7, 11) is 0. The van der Waals surface area contributed by atoms with Gasteiger partial charge >= 0.3 is 6.03 Å². The Bertz CT molecular complexity index is 1000. The number of carbonyl (C=O) groups is 1. The van der Waals surface area contributed by atoms with Gasteiger partial charge in [-0.3, -0.25) is 5.10 Å². The molecule has 11 heteroatoms. The fourth-order valence-corrected chi connectivity index (χ4v) is 2.98. The highest BCUT2D eigenvalue weighted by molar-refractivity contribution is 5.92. The van der Waals surface area contributed by atoms with Crippen LogP contribution in [0, 0.1) is 0 Å². The van der Waals surface area contributed by atoms with E-state index < -0.39 is 12.8 Å². The van der Waals surface area contributed by atoms with Gasteiger partial charge in [0.2, 0.25) is 0 Å². The molecule has 2 amide bonds. The molecule has 0 saturated heterocycles. The molecule has 3 rings (SSSR count). The van der Waals surface area contributed by atoms with Crippen LogP contribution in [0.4, 0.5) is 14.9 Å². The summed E-state index contributed by atoms with van der Waals surface area (Å²) < 4.78 is 28.0. The Morgan fingerprint density at radius 1 is 1.06 bits per heavy atom. The topological polar surface area (TPSA) is 130 Å². The number of aromatic amines is 1. The summed E-state index contributed by atoms with van der Waals surface area (Å²) in [5.41, 5.74) is 1.51. The monoisotopic (exact) mass is 475 g/mol. The number of fused-ring (bicyclic) bond motifs is 1. The molecule has 1 unspecified atom stereocenters. The van der Waals surface area contributed by atoms with Gasteiger partial charge in [-0.25, -0.2) is 9.18 Å². The van der Waals surface area contributed by atoms with E-state index in [9.17, 15) is 14.3 Å². The lowest BCUT2D eigenvalue weighted by Gasteiger charge is -2.14. The number of benzene rings is 2. The summed E-state index contributed by atoms with van der Waals surface area (Å²) in [5, 5.41) is 26.4. The smallest absolute Gasteiger partial charge is 0.319 e. The lowest BCUT2D eigenvalue weighted by Crippen LogP contribution is -2.38. The molecule has 34 heavy (non-hydrogen) atoms. The number of anilines is 1. The van der Waals surface area contributed by atoms with Crippen LogP contribution >= 0.6 is 0 Å². The van der Waals surface area contributed by atoms with Crippen molar-refractivity contribution in [2.75, 3.05) is 58.1 Å². The predicted molar refractivity (Wildman–Crippen MR) is 126 cm³/mol. The van der Waals surface area contributed by atoms with Crippen LogP contribution in [0.1, 0.15) is 0 Å². The Labute approximate surface area is 196 Å². The number of urea groups is 1. The van der Waals surface area contributed by atoms with Gasteiger partial charge in [0.05, 0.1) is 24.9 Å². The van der Waals surface area contributed by atoms with Gasteiger partial charge in [0.15, 0.2) is 0 Å². The van der Waals surface area contributed by atoms with E-state index >= 15 is 0 Å². The Morgan fingerprint density at radius 2 is 1.85 bits per heavy atom. The summed E-state index contributed by atoms with van der Waals surface area (Å²) >= 11 is 0. The molecule has 0 aliphatic heterocycles. The van der Waals surface area contributed by atoms with Gasteiger partial charge in [0, 0.05) is 30.7 Å². The molecule has 0 aliphatic carbocycles. The van der Waals surface area contributed by atoms with Gasteiger partial charge in [0.1, 0.15) is 37.5 Å². The van der Waals surface area contributed by atoms with Gasteiger partial charge in [-0.1, -0.05) is 0 Å². The minimum Gasteiger partial charge on any atom is -0.491 e. The summed E-state index contributed by atoms with van der Waals surface area (Å²) in [6, 6.07) is 12.1.